The van der Waals surface area contributed by atoms with Gasteiger partial charge >= 0.3 is 5.97 Å². The summed E-state index contributed by atoms with van der Waals surface area (Å²) in [5.41, 5.74) is 0. The molecule has 0 spiro atoms. The van der Waals surface area contributed by atoms with Crippen molar-refractivity contribution in [2.45, 2.75) is 6.92 Å². The second-order valence-corrected chi connectivity index (χ2v) is 0.861. The zero-order valence-corrected chi connectivity index (χ0v) is 6.90. The number of carboxylic acids is 1. The molecule has 0 saturated heterocycles. The van der Waals surface area contributed by atoms with E-state index < -0.39 is 11.8 Å². The molecule has 7 heavy (non-hydrogen) atoms. The van der Waals surface area contributed by atoms with Crippen molar-refractivity contribution in [3.8, 4) is 0 Å². The Kier molecular flexibility index (Phi) is 7.00. The number of rotatable bonds is 1. The standard InChI is InChI=1S/C3H4O3.Ce/c1-2(4)3(5)6;/h1H3,(H,5,6);. The van der Waals surface area contributed by atoms with E-state index in [0.717, 1.165) is 6.92 Å². The number of hydrogen-bond acceptors (Lipinski definition) is 2. The smallest absolute Gasteiger partial charge is 0.371 e. The molecule has 3 nitrogen and oxygen atoms in total. The van der Waals surface area contributed by atoms with E-state index in [2.05, 4.69) is 0 Å². The number of carbonyl (C=O) groups is 2. The van der Waals surface area contributed by atoms with Crippen molar-refractivity contribution in [3.05, 3.63) is 0 Å². The predicted molar refractivity (Wildman–Crippen MR) is 18.3 cm³/mol. The number of hydrogen-bond donors (Lipinski definition) is 1. The van der Waals surface area contributed by atoms with Gasteiger partial charge < -0.3 is 5.11 Å². The van der Waals surface area contributed by atoms with Crippen LogP contribution < -0.4 is 0 Å². The van der Waals surface area contributed by atoms with Crippen LogP contribution in [0.15, 0.2) is 0 Å². The van der Waals surface area contributed by atoms with Gasteiger partial charge in [-0.1, -0.05) is 0 Å². The summed E-state index contributed by atoms with van der Waals surface area (Å²) in [6.45, 7) is 1.00. The molecule has 0 aliphatic carbocycles. The molecule has 38 valence electrons. The van der Waals surface area contributed by atoms with Crippen LogP contribution in [-0.4, -0.2) is 16.9 Å². The van der Waals surface area contributed by atoms with Gasteiger partial charge in [0.25, 0.3) is 0 Å². The monoisotopic (exact) mass is 228 g/mol. The molecule has 0 unspecified atom stereocenters. The van der Waals surface area contributed by atoms with E-state index in [0.29, 0.717) is 0 Å². The number of carboxylic acid groups (broad SMARTS) is 1. The van der Waals surface area contributed by atoms with Crippen molar-refractivity contribution >= 4 is 11.8 Å². The maximum atomic E-state index is 9.54. The van der Waals surface area contributed by atoms with Crippen LogP contribution in [0.4, 0.5) is 0 Å². The fraction of sp³-hybridized carbons (Fsp3) is 0.333. The van der Waals surface area contributed by atoms with Gasteiger partial charge in [0.15, 0.2) is 0 Å². The first-order chi connectivity index (χ1) is 2.64. The zero-order chi connectivity index (χ0) is 5.15. The van der Waals surface area contributed by atoms with Crippen LogP contribution in [0.3, 0.4) is 0 Å². The average Bonchev–Trinajstić information content (AvgIpc) is 1.36. The summed E-state index contributed by atoms with van der Waals surface area (Å²) in [6.07, 6.45) is 0. The van der Waals surface area contributed by atoms with Gasteiger partial charge in [0, 0.05) is 48.7 Å². The topological polar surface area (TPSA) is 54.4 Å². The van der Waals surface area contributed by atoms with Crippen molar-refractivity contribution in [3.63, 3.8) is 0 Å². The molecule has 0 atom stereocenters. The molecule has 0 saturated carbocycles. The molecule has 0 heterocycles. The molecule has 0 amide bonds. The van der Waals surface area contributed by atoms with E-state index in [-0.39, 0.29) is 41.7 Å². The van der Waals surface area contributed by atoms with Crippen LogP contribution in [-0.2, 0) is 9.59 Å². The van der Waals surface area contributed by atoms with Gasteiger partial charge in [0.2, 0.25) is 5.78 Å². The third-order valence-corrected chi connectivity index (χ3v) is 0.301. The first kappa shape index (κ1) is 10.5. The molecule has 0 rings (SSSR count). The molecule has 0 aromatic heterocycles. The Bertz CT molecular complexity index is 76.2. The molecular weight excluding hydrogens is 224 g/mol. The van der Waals surface area contributed by atoms with Crippen molar-refractivity contribution in [1.29, 1.82) is 0 Å². The van der Waals surface area contributed by atoms with Crippen LogP contribution in [0, 0.1) is 41.7 Å². The van der Waals surface area contributed by atoms with Gasteiger partial charge in [-0.15, -0.1) is 0 Å². The van der Waals surface area contributed by atoms with Crippen LogP contribution in [0.1, 0.15) is 6.92 Å². The van der Waals surface area contributed by atoms with Gasteiger partial charge in [-0.2, -0.15) is 0 Å². The molecule has 4 heteroatoms. The Hall–Kier alpha value is 0.517. The number of aliphatic carboxylic acids is 1. The van der Waals surface area contributed by atoms with Gasteiger partial charge in [-0.05, 0) is 0 Å². The minimum atomic E-state index is -1.38. The molecule has 0 aromatic rings. The van der Waals surface area contributed by atoms with Crippen molar-refractivity contribution < 1.29 is 56.4 Å². The zero-order valence-electron chi connectivity index (χ0n) is 3.76. The van der Waals surface area contributed by atoms with Gasteiger partial charge in [-0.3, -0.25) is 4.79 Å². The summed E-state index contributed by atoms with van der Waals surface area (Å²) < 4.78 is 0. The summed E-state index contributed by atoms with van der Waals surface area (Å²) in [5, 5.41) is 7.64. The average molecular weight is 228 g/mol. The Morgan fingerprint density at radius 3 is 1.57 bits per heavy atom. The predicted octanol–water partition coefficient (Wildman–Crippen LogP) is -0.340. The summed E-state index contributed by atoms with van der Waals surface area (Å²) in [5.74, 6) is -2.20. The maximum absolute atomic E-state index is 9.54. The van der Waals surface area contributed by atoms with Crippen molar-refractivity contribution in [2.75, 3.05) is 0 Å². The SMILES string of the molecule is CC(=O)C(=O)O.[Ce]. The van der Waals surface area contributed by atoms with E-state index >= 15 is 0 Å². The molecule has 0 aliphatic heterocycles. The fourth-order valence-corrected chi connectivity index (χ4v) is 0. The fourth-order valence-electron chi connectivity index (χ4n) is 0. The maximum Gasteiger partial charge on any atom is 0.371 e. The van der Waals surface area contributed by atoms with Crippen molar-refractivity contribution in [2.24, 2.45) is 0 Å². The van der Waals surface area contributed by atoms with E-state index in [9.17, 15) is 9.59 Å². The molecule has 0 bridgehead atoms. The summed E-state index contributed by atoms with van der Waals surface area (Å²) in [7, 11) is 0. The Morgan fingerprint density at radius 1 is 1.43 bits per heavy atom. The van der Waals surface area contributed by atoms with E-state index in [4.69, 9.17) is 5.11 Å². The molecular formula is C3H4CeO3. The Balaban J connectivity index is 0. The second-order valence-electron chi connectivity index (χ2n) is 0.861. The second kappa shape index (κ2) is 4.67. The normalized spacial score (nSPS) is 6.43. The van der Waals surface area contributed by atoms with E-state index in [1.807, 2.05) is 0 Å². The third-order valence-electron chi connectivity index (χ3n) is 0.301. The molecule has 0 radical (unpaired) electrons. The minimum absolute atomic E-state index is 0. The summed E-state index contributed by atoms with van der Waals surface area (Å²) >= 11 is 0. The largest absolute Gasteiger partial charge is 0.476 e. The van der Waals surface area contributed by atoms with Crippen LogP contribution >= 0.6 is 0 Å². The first-order valence-corrected chi connectivity index (χ1v) is 1.38. The Labute approximate surface area is 74.5 Å². The number of carbonyl (C=O) groups excluding carboxylic acids is 1. The van der Waals surface area contributed by atoms with Crippen LogP contribution in [0.25, 0.3) is 0 Å². The van der Waals surface area contributed by atoms with Gasteiger partial charge in [0.1, 0.15) is 0 Å². The van der Waals surface area contributed by atoms with E-state index in [1.54, 1.807) is 0 Å². The third kappa shape index (κ3) is 6.52. The molecule has 0 aromatic carbocycles. The number of ketones is 1. The molecule has 1 N–H and O–H groups in total. The molecule has 0 aliphatic rings. The Morgan fingerprint density at radius 2 is 1.57 bits per heavy atom. The first-order valence-electron chi connectivity index (χ1n) is 1.38. The molecule has 0 fully saturated rings. The van der Waals surface area contributed by atoms with E-state index in [1.165, 1.54) is 0 Å². The number of Topliss-reactive ketones (excluding diaryl/α,β-unsaturated/α-hetero) is 1. The van der Waals surface area contributed by atoms with Gasteiger partial charge in [0.05, 0.1) is 0 Å². The van der Waals surface area contributed by atoms with Gasteiger partial charge in [-0.25, -0.2) is 4.79 Å². The van der Waals surface area contributed by atoms with Crippen molar-refractivity contribution in [1.82, 2.24) is 0 Å². The van der Waals surface area contributed by atoms with Crippen LogP contribution in [0.2, 0.25) is 0 Å². The summed E-state index contributed by atoms with van der Waals surface area (Å²) in [4.78, 5) is 18.9. The van der Waals surface area contributed by atoms with Crippen LogP contribution in [0.5, 0.6) is 0 Å². The quantitative estimate of drug-likeness (QED) is 0.625. The summed E-state index contributed by atoms with van der Waals surface area (Å²) in [6, 6.07) is 0. The minimum Gasteiger partial charge on any atom is -0.476 e.